The predicted octanol–water partition coefficient (Wildman–Crippen LogP) is 5.21. The first-order valence-electron chi connectivity index (χ1n) is 8.63. The molecule has 0 unspecified atom stereocenters. The van der Waals surface area contributed by atoms with E-state index in [2.05, 4.69) is 6.92 Å². The summed E-state index contributed by atoms with van der Waals surface area (Å²) < 4.78 is 5.05. The monoisotopic (exact) mass is 298 g/mol. The van der Waals surface area contributed by atoms with Crippen LogP contribution in [0.3, 0.4) is 0 Å². The Hall–Kier alpha value is -0.860. The fourth-order valence-corrected chi connectivity index (χ4v) is 2.21. The van der Waals surface area contributed by atoms with Crippen molar-refractivity contribution >= 4 is 11.8 Å². The first kappa shape index (κ1) is 20.1. The van der Waals surface area contributed by atoms with Crippen LogP contribution in [0, 0.1) is 0 Å². The average Bonchev–Trinajstić information content (AvgIpc) is 2.38. The highest BCUT2D eigenvalue weighted by molar-refractivity contribution is 6.33. The molecule has 0 aromatic carbocycles. The van der Waals surface area contributed by atoms with E-state index in [4.69, 9.17) is 4.74 Å². The van der Waals surface area contributed by atoms with Crippen LogP contribution in [0.1, 0.15) is 98.3 Å². The molecule has 0 aromatic heterocycles. The SMILES string of the molecule is CCCCCCCCCCCCC(=O)C(=O)OC(C)(C)C. The average molecular weight is 298 g/mol. The van der Waals surface area contributed by atoms with Gasteiger partial charge in [-0.25, -0.2) is 4.79 Å². The number of Topliss-reactive ketones (excluding diaryl/α,β-unsaturated/α-hetero) is 1. The van der Waals surface area contributed by atoms with Crippen LogP contribution in [-0.4, -0.2) is 17.4 Å². The number of rotatable bonds is 12. The van der Waals surface area contributed by atoms with Crippen molar-refractivity contribution in [3.8, 4) is 0 Å². The van der Waals surface area contributed by atoms with Gasteiger partial charge in [-0.1, -0.05) is 64.7 Å². The molecular weight excluding hydrogens is 264 g/mol. The number of hydrogen-bond donors (Lipinski definition) is 0. The Kier molecular flexibility index (Phi) is 11.3. The van der Waals surface area contributed by atoms with Gasteiger partial charge in [0.05, 0.1) is 0 Å². The molecule has 21 heavy (non-hydrogen) atoms. The molecule has 0 N–H and O–H groups in total. The van der Waals surface area contributed by atoms with Crippen molar-refractivity contribution in [2.24, 2.45) is 0 Å². The molecule has 0 rings (SSSR count). The molecule has 124 valence electrons. The van der Waals surface area contributed by atoms with E-state index in [-0.39, 0.29) is 5.78 Å². The van der Waals surface area contributed by atoms with E-state index in [9.17, 15) is 9.59 Å². The first-order valence-corrected chi connectivity index (χ1v) is 8.63. The highest BCUT2D eigenvalue weighted by Gasteiger charge is 2.21. The number of ketones is 1. The molecule has 0 radical (unpaired) electrons. The van der Waals surface area contributed by atoms with Crippen LogP contribution in [0.15, 0.2) is 0 Å². The zero-order valence-electron chi connectivity index (χ0n) is 14.5. The number of esters is 1. The van der Waals surface area contributed by atoms with E-state index >= 15 is 0 Å². The third-order valence-electron chi connectivity index (χ3n) is 3.38. The molecule has 3 nitrogen and oxygen atoms in total. The maximum absolute atomic E-state index is 11.6. The second-order valence-corrected chi connectivity index (χ2v) is 6.86. The Morgan fingerprint density at radius 2 is 1.19 bits per heavy atom. The van der Waals surface area contributed by atoms with Gasteiger partial charge >= 0.3 is 5.97 Å². The molecule has 0 aromatic rings. The number of ether oxygens (including phenoxy) is 1. The number of carbonyl (C=O) groups excluding carboxylic acids is 2. The summed E-state index contributed by atoms with van der Waals surface area (Å²) in [6.07, 6.45) is 12.6. The Bertz CT molecular complexity index is 289. The summed E-state index contributed by atoms with van der Waals surface area (Å²) >= 11 is 0. The van der Waals surface area contributed by atoms with Crippen molar-refractivity contribution in [3.05, 3.63) is 0 Å². The normalized spacial score (nSPS) is 11.4. The summed E-state index contributed by atoms with van der Waals surface area (Å²) in [5.74, 6) is -1.07. The summed E-state index contributed by atoms with van der Waals surface area (Å²) in [4.78, 5) is 23.1. The minimum Gasteiger partial charge on any atom is -0.454 e. The molecule has 0 bridgehead atoms. The summed E-state index contributed by atoms with van der Waals surface area (Å²) in [5, 5.41) is 0. The second-order valence-electron chi connectivity index (χ2n) is 6.86. The van der Waals surface area contributed by atoms with Crippen LogP contribution >= 0.6 is 0 Å². The van der Waals surface area contributed by atoms with Crippen molar-refractivity contribution in [2.45, 2.75) is 104 Å². The maximum Gasteiger partial charge on any atom is 0.375 e. The van der Waals surface area contributed by atoms with Gasteiger partial charge in [-0.05, 0) is 27.2 Å². The van der Waals surface area contributed by atoms with E-state index in [0.717, 1.165) is 19.3 Å². The van der Waals surface area contributed by atoms with Gasteiger partial charge in [0.2, 0.25) is 5.78 Å². The molecule has 0 aliphatic heterocycles. The molecule has 0 fully saturated rings. The number of carbonyl (C=O) groups is 2. The molecule has 0 atom stereocenters. The standard InChI is InChI=1S/C18H34O3/c1-5-6-7-8-9-10-11-12-13-14-15-16(19)17(20)21-18(2,3)4/h5-15H2,1-4H3. The van der Waals surface area contributed by atoms with E-state index < -0.39 is 11.6 Å². The largest absolute Gasteiger partial charge is 0.454 e. The molecular formula is C18H34O3. The minimum absolute atomic E-state index is 0.325. The smallest absolute Gasteiger partial charge is 0.375 e. The van der Waals surface area contributed by atoms with Crippen LogP contribution in [0.4, 0.5) is 0 Å². The van der Waals surface area contributed by atoms with E-state index in [1.165, 1.54) is 44.9 Å². The predicted molar refractivity (Wildman–Crippen MR) is 87.3 cm³/mol. The van der Waals surface area contributed by atoms with Gasteiger partial charge in [0.15, 0.2) is 0 Å². The molecule has 0 amide bonds. The summed E-state index contributed by atoms with van der Waals surface area (Å²) in [6, 6.07) is 0. The fourth-order valence-electron chi connectivity index (χ4n) is 2.21. The van der Waals surface area contributed by atoms with Crippen molar-refractivity contribution < 1.29 is 14.3 Å². The minimum atomic E-state index is -0.682. The maximum atomic E-state index is 11.6. The Morgan fingerprint density at radius 3 is 1.62 bits per heavy atom. The van der Waals surface area contributed by atoms with Crippen molar-refractivity contribution in [3.63, 3.8) is 0 Å². The van der Waals surface area contributed by atoms with Gasteiger partial charge in [0, 0.05) is 6.42 Å². The molecule has 0 aliphatic rings. The third-order valence-corrected chi connectivity index (χ3v) is 3.38. The summed E-state index contributed by atoms with van der Waals surface area (Å²) in [5.41, 5.74) is -0.579. The molecule has 0 saturated heterocycles. The molecule has 0 saturated carbocycles. The third kappa shape index (κ3) is 13.9. The van der Waals surface area contributed by atoms with Crippen LogP contribution in [0.25, 0.3) is 0 Å². The lowest BCUT2D eigenvalue weighted by molar-refractivity contribution is -0.162. The molecule has 0 aliphatic carbocycles. The second kappa shape index (κ2) is 11.8. The Labute approximate surface area is 130 Å². The van der Waals surface area contributed by atoms with E-state index in [1.807, 2.05) is 0 Å². The lowest BCUT2D eigenvalue weighted by atomic mass is 10.0. The van der Waals surface area contributed by atoms with Gasteiger partial charge in [-0.15, -0.1) is 0 Å². The number of hydrogen-bond acceptors (Lipinski definition) is 3. The highest BCUT2D eigenvalue weighted by atomic mass is 16.6. The van der Waals surface area contributed by atoms with E-state index in [0.29, 0.717) is 6.42 Å². The number of unbranched alkanes of at least 4 members (excludes halogenated alkanes) is 9. The fraction of sp³-hybridized carbons (Fsp3) is 0.889. The van der Waals surface area contributed by atoms with Crippen molar-refractivity contribution in [1.82, 2.24) is 0 Å². The van der Waals surface area contributed by atoms with Gasteiger partial charge in [0.25, 0.3) is 0 Å². The van der Waals surface area contributed by atoms with Gasteiger partial charge in [-0.3, -0.25) is 4.79 Å². The lowest BCUT2D eigenvalue weighted by Crippen LogP contribution is -2.28. The van der Waals surface area contributed by atoms with Crippen LogP contribution in [0.2, 0.25) is 0 Å². The first-order chi connectivity index (χ1) is 9.87. The zero-order chi connectivity index (χ0) is 16.1. The summed E-state index contributed by atoms with van der Waals surface area (Å²) in [6.45, 7) is 7.56. The van der Waals surface area contributed by atoms with Crippen LogP contribution in [0.5, 0.6) is 0 Å². The summed E-state index contributed by atoms with van der Waals surface area (Å²) in [7, 11) is 0. The van der Waals surface area contributed by atoms with E-state index in [1.54, 1.807) is 20.8 Å². The Morgan fingerprint density at radius 1 is 0.762 bits per heavy atom. The van der Waals surface area contributed by atoms with Crippen molar-refractivity contribution in [2.75, 3.05) is 0 Å². The van der Waals surface area contributed by atoms with Crippen LogP contribution < -0.4 is 0 Å². The van der Waals surface area contributed by atoms with Crippen molar-refractivity contribution in [1.29, 1.82) is 0 Å². The van der Waals surface area contributed by atoms with Gasteiger partial charge < -0.3 is 4.74 Å². The topological polar surface area (TPSA) is 43.4 Å². The van der Waals surface area contributed by atoms with Gasteiger partial charge in [0.1, 0.15) is 5.60 Å². The zero-order valence-corrected chi connectivity index (χ0v) is 14.5. The molecule has 3 heteroatoms. The Balaban J connectivity index is 3.42. The van der Waals surface area contributed by atoms with Crippen LogP contribution in [-0.2, 0) is 14.3 Å². The quantitative estimate of drug-likeness (QED) is 0.282. The highest BCUT2D eigenvalue weighted by Crippen LogP contribution is 2.12. The molecule has 0 heterocycles. The van der Waals surface area contributed by atoms with Gasteiger partial charge in [-0.2, -0.15) is 0 Å². The lowest BCUT2D eigenvalue weighted by Gasteiger charge is -2.18. The molecule has 0 spiro atoms.